The SMILES string of the molecule is O=C(NC1CCCC1)[C@@H](c1ccc(F)cc1)N(C(=O)Cn1nnc2ccccc21)c1ccc(F)cc1. The number of aromatic nitrogens is 3. The van der Waals surface area contributed by atoms with Gasteiger partial charge in [0.15, 0.2) is 0 Å². The Balaban J connectivity index is 1.56. The minimum atomic E-state index is -1.10. The van der Waals surface area contributed by atoms with Crippen molar-refractivity contribution in [3.05, 3.63) is 90.0 Å². The summed E-state index contributed by atoms with van der Waals surface area (Å²) in [5.41, 5.74) is 2.07. The van der Waals surface area contributed by atoms with Gasteiger partial charge in [0.2, 0.25) is 11.8 Å². The number of hydrogen-bond acceptors (Lipinski definition) is 4. The highest BCUT2D eigenvalue weighted by Gasteiger charge is 2.34. The fourth-order valence-corrected chi connectivity index (χ4v) is 4.69. The van der Waals surface area contributed by atoms with E-state index in [1.807, 2.05) is 12.1 Å². The van der Waals surface area contributed by atoms with E-state index in [9.17, 15) is 18.4 Å². The van der Waals surface area contributed by atoms with Gasteiger partial charge in [0, 0.05) is 11.7 Å². The van der Waals surface area contributed by atoms with E-state index in [-0.39, 0.29) is 18.5 Å². The second-order valence-corrected chi connectivity index (χ2v) is 8.92. The summed E-state index contributed by atoms with van der Waals surface area (Å²) < 4.78 is 29.0. The van der Waals surface area contributed by atoms with Gasteiger partial charge in [-0.2, -0.15) is 0 Å². The van der Waals surface area contributed by atoms with Crippen molar-refractivity contribution in [1.29, 1.82) is 0 Å². The number of para-hydroxylation sites is 1. The molecule has 184 valence electrons. The Morgan fingerprint density at radius 2 is 1.58 bits per heavy atom. The number of amides is 2. The average molecular weight is 490 g/mol. The van der Waals surface area contributed by atoms with Crippen LogP contribution in [-0.4, -0.2) is 32.9 Å². The Bertz CT molecular complexity index is 1370. The first-order valence-corrected chi connectivity index (χ1v) is 11.9. The summed E-state index contributed by atoms with van der Waals surface area (Å²) in [4.78, 5) is 28.9. The molecule has 36 heavy (non-hydrogen) atoms. The van der Waals surface area contributed by atoms with Crippen LogP contribution >= 0.6 is 0 Å². The normalized spacial score (nSPS) is 14.6. The van der Waals surface area contributed by atoms with Crippen LogP contribution in [0.3, 0.4) is 0 Å². The summed E-state index contributed by atoms with van der Waals surface area (Å²) in [6.45, 7) is -0.202. The predicted molar refractivity (Wildman–Crippen MR) is 131 cm³/mol. The van der Waals surface area contributed by atoms with Crippen LogP contribution in [0.5, 0.6) is 0 Å². The van der Waals surface area contributed by atoms with Crippen molar-refractivity contribution in [2.75, 3.05) is 4.90 Å². The van der Waals surface area contributed by atoms with Gasteiger partial charge < -0.3 is 5.32 Å². The molecule has 0 radical (unpaired) electrons. The molecule has 9 heteroatoms. The zero-order chi connectivity index (χ0) is 25.1. The first kappa shape index (κ1) is 23.6. The number of fused-ring (bicyclic) bond motifs is 1. The highest BCUT2D eigenvalue weighted by atomic mass is 19.1. The Labute approximate surface area is 206 Å². The molecule has 5 rings (SSSR count). The third kappa shape index (κ3) is 4.95. The zero-order valence-electron chi connectivity index (χ0n) is 19.5. The zero-order valence-corrected chi connectivity index (χ0v) is 19.5. The van der Waals surface area contributed by atoms with E-state index in [4.69, 9.17) is 0 Å². The predicted octanol–water partition coefficient (Wildman–Crippen LogP) is 4.54. The largest absolute Gasteiger partial charge is 0.351 e. The summed E-state index contributed by atoms with van der Waals surface area (Å²) in [5, 5.41) is 11.3. The Morgan fingerprint density at radius 1 is 0.944 bits per heavy atom. The van der Waals surface area contributed by atoms with Gasteiger partial charge >= 0.3 is 0 Å². The van der Waals surface area contributed by atoms with Gasteiger partial charge in [0.25, 0.3) is 0 Å². The molecule has 1 aliphatic rings. The maximum atomic E-state index is 13.9. The van der Waals surface area contributed by atoms with E-state index < -0.39 is 23.6 Å². The molecule has 4 aromatic rings. The second-order valence-electron chi connectivity index (χ2n) is 8.92. The van der Waals surface area contributed by atoms with Crippen molar-refractivity contribution in [3.8, 4) is 0 Å². The van der Waals surface area contributed by atoms with Crippen molar-refractivity contribution in [2.24, 2.45) is 0 Å². The van der Waals surface area contributed by atoms with E-state index >= 15 is 0 Å². The number of rotatable bonds is 7. The monoisotopic (exact) mass is 489 g/mol. The molecule has 0 saturated heterocycles. The Kier molecular flexibility index (Phi) is 6.71. The molecule has 1 aliphatic carbocycles. The maximum absolute atomic E-state index is 13.9. The Hall–Kier alpha value is -4.14. The lowest BCUT2D eigenvalue weighted by Crippen LogP contribution is -2.47. The first-order chi connectivity index (χ1) is 17.5. The fourth-order valence-electron chi connectivity index (χ4n) is 4.69. The quantitative estimate of drug-likeness (QED) is 0.413. The minimum absolute atomic E-state index is 0.00452. The van der Waals surface area contributed by atoms with Crippen molar-refractivity contribution in [3.63, 3.8) is 0 Å². The molecular weight excluding hydrogens is 464 g/mol. The van der Waals surface area contributed by atoms with Crippen LogP contribution in [0.4, 0.5) is 14.5 Å². The number of benzene rings is 3. The van der Waals surface area contributed by atoms with E-state index in [2.05, 4.69) is 15.6 Å². The van der Waals surface area contributed by atoms with Crippen molar-refractivity contribution in [2.45, 2.75) is 44.3 Å². The fraction of sp³-hybridized carbons (Fsp3) is 0.259. The molecule has 3 aromatic carbocycles. The van der Waals surface area contributed by atoms with Gasteiger partial charge in [0.05, 0.1) is 5.52 Å². The van der Waals surface area contributed by atoms with E-state index in [0.29, 0.717) is 22.3 Å². The maximum Gasteiger partial charge on any atom is 0.249 e. The molecule has 1 atom stereocenters. The first-order valence-electron chi connectivity index (χ1n) is 11.9. The topological polar surface area (TPSA) is 80.1 Å². The number of halogens is 2. The number of nitrogens with zero attached hydrogens (tertiary/aromatic N) is 4. The molecule has 1 heterocycles. The second kappa shape index (κ2) is 10.2. The molecule has 1 fully saturated rings. The Morgan fingerprint density at radius 3 is 2.28 bits per heavy atom. The number of carbonyl (C=O) groups is 2. The standard InChI is InChI=1S/C27H25F2N5O2/c28-19-11-9-18(10-12-19)26(27(36)30-21-5-1-2-6-21)34(22-15-13-20(29)14-16-22)25(35)17-33-24-8-4-3-7-23(24)31-32-33/h3-4,7-16,21,26H,1-2,5-6,17H2,(H,30,36)/t26-/m1/s1. The lowest BCUT2D eigenvalue weighted by atomic mass is 10.0. The molecule has 7 nitrogen and oxygen atoms in total. The highest BCUT2D eigenvalue weighted by molar-refractivity contribution is 6.01. The van der Waals surface area contributed by atoms with Crippen LogP contribution in [-0.2, 0) is 16.1 Å². The minimum Gasteiger partial charge on any atom is -0.351 e. The molecule has 1 saturated carbocycles. The van der Waals surface area contributed by atoms with Crippen molar-refractivity contribution >= 4 is 28.5 Å². The number of carbonyl (C=O) groups excluding carboxylic acids is 2. The molecule has 2 amide bonds. The summed E-state index contributed by atoms with van der Waals surface area (Å²) in [6, 6.07) is 17.0. The van der Waals surface area contributed by atoms with Crippen molar-refractivity contribution < 1.29 is 18.4 Å². The lowest BCUT2D eigenvalue weighted by molar-refractivity contribution is -0.127. The van der Waals surface area contributed by atoms with E-state index in [0.717, 1.165) is 25.7 Å². The number of nitrogens with one attached hydrogen (secondary N) is 1. The molecule has 0 unspecified atom stereocenters. The van der Waals surface area contributed by atoms with Gasteiger partial charge in [-0.25, -0.2) is 13.5 Å². The van der Waals surface area contributed by atoms with Crippen LogP contribution in [0.25, 0.3) is 11.0 Å². The average Bonchev–Trinajstić information content (AvgIpc) is 3.54. The van der Waals surface area contributed by atoms with Crippen LogP contribution in [0.2, 0.25) is 0 Å². The highest BCUT2D eigenvalue weighted by Crippen LogP contribution is 2.30. The van der Waals surface area contributed by atoms with Crippen LogP contribution in [0, 0.1) is 11.6 Å². The summed E-state index contributed by atoms with van der Waals surface area (Å²) in [7, 11) is 0. The van der Waals surface area contributed by atoms with Gasteiger partial charge in [-0.05, 0) is 66.9 Å². The van der Waals surface area contributed by atoms with E-state index in [1.165, 1.54) is 58.1 Å². The lowest BCUT2D eigenvalue weighted by Gasteiger charge is -2.32. The van der Waals surface area contributed by atoms with Crippen LogP contribution in [0.1, 0.15) is 37.3 Å². The summed E-state index contributed by atoms with van der Waals surface area (Å²) >= 11 is 0. The molecule has 1 N–H and O–H groups in total. The summed E-state index contributed by atoms with van der Waals surface area (Å²) in [5.74, 6) is -1.76. The van der Waals surface area contributed by atoms with E-state index in [1.54, 1.807) is 12.1 Å². The number of anilines is 1. The van der Waals surface area contributed by atoms with Crippen LogP contribution < -0.4 is 10.2 Å². The molecule has 0 bridgehead atoms. The third-order valence-corrected chi connectivity index (χ3v) is 6.47. The van der Waals surface area contributed by atoms with Gasteiger partial charge in [0.1, 0.15) is 29.7 Å². The van der Waals surface area contributed by atoms with Gasteiger partial charge in [-0.15, -0.1) is 5.10 Å². The van der Waals surface area contributed by atoms with Gasteiger partial charge in [-0.1, -0.05) is 42.3 Å². The molecule has 1 aromatic heterocycles. The summed E-state index contributed by atoms with van der Waals surface area (Å²) in [6.07, 6.45) is 3.76. The van der Waals surface area contributed by atoms with Gasteiger partial charge in [-0.3, -0.25) is 14.5 Å². The molecule has 0 aliphatic heterocycles. The molecular formula is C27H25F2N5O2. The number of hydrogen-bond donors (Lipinski definition) is 1. The smallest absolute Gasteiger partial charge is 0.249 e. The molecule has 0 spiro atoms. The van der Waals surface area contributed by atoms with Crippen molar-refractivity contribution in [1.82, 2.24) is 20.3 Å². The van der Waals surface area contributed by atoms with Crippen LogP contribution in [0.15, 0.2) is 72.8 Å². The third-order valence-electron chi connectivity index (χ3n) is 6.47.